The number of nitrogens with zero attached hydrogens (tertiary/aromatic N) is 2. The van der Waals surface area contributed by atoms with Crippen LogP contribution in [0.25, 0.3) is 10.9 Å². The molecular weight excluding hydrogens is 505 g/mol. The lowest BCUT2D eigenvalue weighted by molar-refractivity contribution is -0.0899. The van der Waals surface area contributed by atoms with Crippen molar-refractivity contribution in [2.45, 2.75) is 37.8 Å². The predicted molar refractivity (Wildman–Crippen MR) is 134 cm³/mol. The maximum atomic E-state index is 15.2. The number of aliphatic hydroxyl groups is 1. The maximum absolute atomic E-state index is 15.2. The molecule has 3 heterocycles. The van der Waals surface area contributed by atoms with Crippen LogP contribution < -0.4 is 4.74 Å². The molecule has 0 amide bonds. The van der Waals surface area contributed by atoms with Crippen molar-refractivity contribution in [3.63, 3.8) is 0 Å². The van der Waals surface area contributed by atoms with Gasteiger partial charge in [-0.05, 0) is 31.4 Å². The lowest BCUT2D eigenvalue weighted by atomic mass is 9.88. The first kappa shape index (κ1) is 26.9. The number of rotatable bonds is 10. The number of aromatic amines is 1. The number of H-pyrrole nitrogens is 1. The van der Waals surface area contributed by atoms with Gasteiger partial charge in [0.05, 0.1) is 19.3 Å². The molecule has 0 bridgehead atoms. The van der Waals surface area contributed by atoms with Gasteiger partial charge in [-0.15, -0.1) is 0 Å². The van der Waals surface area contributed by atoms with Crippen molar-refractivity contribution >= 4 is 10.9 Å². The van der Waals surface area contributed by atoms with Gasteiger partial charge in [-0.25, -0.2) is 17.6 Å². The van der Waals surface area contributed by atoms with Crippen LogP contribution in [0.5, 0.6) is 5.75 Å². The number of para-hydroxylation sites is 1. The predicted octanol–water partition coefficient (Wildman–Crippen LogP) is 4.88. The molecule has 1 fully saturated rings. The zero-order valence-corrected chi connectivity index (χ0v) is 21.2. The Hall–Kier alpha value is -2.69. The molecule has 206 valence electrons. The highest BCUT2D eigenvalue weighted by Crippen LogP contribution is 2.41. The SMILES string of the molecule is C[C@@H]1Cc2c([nH]c3ccccc23)[C@@H](Cc2c(F)cc(OCCN3CC(CF)C3)cc2F)N1CC(F)(F)CO. The van der Waals surface area contributed by atoms with Crippen LogP contribution in [0, 0.1) is 17.6 Å². The number of alkyl halides is 3. The molecule has 0 spiro atoms. The maximum Gasteiger partial charge on any atom is 0.283 e. The van der Waals surface area contributed by atoms with Crippen LogP contribution in [0.2, 0.25) is 0 Å². The zero-order chi connectivity index (χ0) is 27.0. The highest BCUT2D eigenvalue weighted by atomic mass is 19.3. The van der Waals surface area contributed by atoms with Crippen molar-refractivity contribution in [2.24, 2.45) is 5.92 Å². The van der Waals surface area contributed by atoms with Crippen LogP contribution in [0.3, 0.4) is 0 Å². The van der Waals surface area contributed by atoms with E-state index in [1.165, 1.54) is 4.90 Å². The van der Waals surface area contributed by atoms with E-state index in [0.717, 1.165) is 28.6 Å². The summed E-state index contributed by atoms with van der Waals surface area (Å²) in [6, 6.07) is 8.70. The van der Waals surface area contributed by atoms with Gasteiger partial charge in [0.15, 0.2) is 0 Å². The Labute approximate surface area is 218 Å². The van der Waals surface area contributed by atoms with Gasteiger partial charge in [0, 0.05) is 65.9 Å². The number of nitrogens with one attached hydrogen (secondary N) is 1. The first-order valence-electron chi connectivity index (χ1n) is 12.9. The van der Waals surface area contributed by atoms with E-state index in [2.05, 4.69) is 4.98 Å². The third kappa shape index (κ3) is 5.39. The lowest BCUT2D eigenvalue weighted by Gasteiger charge is -2.42. The van der Waals surface area contributed by atoms with Crippen molar-refractivity contribution in [1.29, 1.82) is 0 Å². The molecule has 0 saturated carbocycles. The minimum absolute atomic E-state index is 0.0401. The van der Waals surface area contributed by atoms with Gasteiger partial charge >= 0.3 is 0 Å². The molecule has 0 unspecified atom stereocenters. The van der Waals surface area contributed by atoms with E-state index in [1.54, 1.807) is 0 Å². The Morgan fingerprint density at radius 3 is 2.53 bits per heavy atom. The summed E-state index contributed by atoms with van der Waals surface area (Å²) in [5.41, 5.74) is 2.21. The number of aromatic nitrogens is 1. The third-order valence-corrected chi connectivity index (χ3v) is 7.73. The Morgan fingerprint density at radius 1 is 1.13 bits per heavy atom. The second kappa shape index (κ2) is 10.8. The number of hydrogen-bond acceptors (Lipinski definition) is 4. The van der Waals surface area contributed by atoms with Crippen LogP contribution >= 0.6 is 0 Å². The quantitative estimate of drug-likeness (QED) is 0.362. The van der Waals surface area contributed by atoms with E-state index >= 15 is 8.78 Å². The average Bonchev–Trinajstić information content (AvgIpc) is 3.22. The summed E-state index contributed by atoms with van der Waals surface area (Å²) in [6.45, 7) is 1.41. The van der Waals surface area contributed by atoms with E-state index in [1.807, 2.05) is 36.1 Å². The third-order valence-electron chi connectivity index (χ3n) is 7.73. The highest BCUT2D eigenvalue weighted by Gasteiger charge is 2.41. The number of fused-ring (bicyclic) bond motifs is 3. The normalized spacial score (nSPS) is 21.0. The van der Waals surface area contributed by atoms with E-state index in [4.69, 9.17) is 4.74 Å². The second-order valence-electron chi connectivity index (χ2n) is 10.5. The Balaban J connectivity index is 1.39. The lowest BCUT2D eigenvalue weighted by Crippen LogP contribution is -2.49. The van der Waals surface area contributed by atoms with Gasteiger partial charge in [-0.3, -0.25) is 14.2 Å². The fraction of sp³-hybridized carbons (Fsp3) is 0.500. The summed E-state index contributed by atoms with van der Waals surface area (Å²) in [4.78, 5) is 6.83. The molecule has 1 aromatic heterocycles. The van der Waals surface area contributed by atoms with Gasteiger partial charge < -0.3 is 14.8 Å². The van der Waals surface area contributed by atoms with Crippen LogP contribution in [0.4, 0.5) is 22.0 Å². The Bertz CT molecular complexity index is 1250. The molecule has 5 nitrogen and oxygen atoms in total. The molecule has 38 heavy (non-hydrogen) atoms. The van der Waals surface area contributed by atoms with Gasteiger partial charge in [0.1, 0.15) is 30.6 Å². The second-order valence-corrected chi connectivity index (χ2v) is 10.5. The standard InChI is InChI=1S/C28H32F5N3O2/c1-17-8-21-20-4-2-3-5-25(20)34-27(21)26(36(17)15-28(32,33)16-37)11-22-23(30)9-19(10-24(22)31)38-7-6-35-13-18(12-29)14-35/h2-5,9-10,17-18,26,34,37H,6-8,11-16H2,1H3/t17-,26-/m1/s1. The van der Waals surface area contributed by atoms with E-state index in [0.29, 0.717) is 31.7 Å². The monoisotopic (exact) mass is 537 g/mol. The molecular formula is C28H32F5N3O2. The number of hydrogen-bond donors (Lipinski definition) is 2. The molecule has 3 aromatic rings. The van der Waals surface area contributed by atoms with E-state index in [-0.39, 0.29) is 43.0 Å². The number of halogens is 5. The fourth-order valence-corrected chi connectivity index (χ4v) is 5.71. The molecule has 0 radical (unpaired) electrons. The molecule has 10 heteroatoms. The number of ether oxygens (including phenoxy) is 1. The molecule has 1 saturated heterocycles. The minimum Gasteiger partial charge on any atom is -0.492 e. The summed E-state index contributed by atoms with van der Waals surface area (Å²) in [5, 5.41) is 10.2. The van der Waals surface area contributed by atoms with Crippen LogP contribution in [-0.2, 0) is 12.8 Å². The molecule has 0 aliphatic carbocycles. The largest absolute Gasteiger partial charge is 0.492 e. The van der Waals surface area contributed by atoms with Gasteiger partial charge in [-0.1, -0.05) is 18.2 Å². The van der Waals surface area contributed by atoms with Gasteiger partial charge in [0.2, 0.25) is 0 Å². The van der Waals surface area contributed by atoms with Crippen molar-refractivity contribution < 1.29 is 31.8 Å². The first-order valence-corrected chi connectivity index (χ1v) is 12.9. The summed E-state index contributed by atoms with van der Waals surface area (Å²) in [6.07, 6.45) is 0.306. The van der Waals surface area contributed by atoms with Crippen LogP contribution in [-0.4, -0.2) is 77.9 Å². The van der Waals surface area contributed by atoms with Crippen LogP contribution in [0.15, 0.2) is 36.4 Å². The molecule has 2 aliphatic heterocycles. The number of benzene rings is 2. The van der Waals surface area contributed by atoms with Gasteiger partial charge in [-0.2, -0.15) is 0 Å². The van der Waals surface area contributed by atoms with Crippen molar-refractivity contribution in [1.82, 2.24) is 14.8 Å². The Morgan fingerprint density at radius 2 is 1.84 bits per heavy atom. The number of likely N-dealkylation sites (tertiary alicyclic amines) is 1. The molecule has 5 rings (SSSR count). The first-order chi connectivity index (χ1) is 18.2. The highest BCUT2D eigenvalue weighted by molar-refractivity contribution is 5.85. The summed E-state index contributed by atoms with van der Waals surface area (Å²) in [7, 11) is 0. The summed E-state index contributed by atoms with van der Waals surface area (Å²) >= 11 is 0. The topological polar surface area (TPSA) is 51.7 Å². The summed E-state index contributed by atoms with van der Waals surface area (Å²) < 4.78 is 77.4. The molecule has 2 aliphatic rings. The smallest absolute Gasteiger partial charge is 0.283 e. The van der Waals surface area contributed by atoms with Crippen molar-refractivity contribution in [3.8, 4) is 5.75 Å². The zero-order valence-electron chi connectivity index (χ0n) is 21.2. The molecule has 2 aromatic carbocycles. The van der Waals surface area contributed by atoms with E-state index < -0.39 is 36.8 Å². The molecule has 2 N–H and O–H groups in total. The fourth-order valence-electron chi connectivity index (χ4n) is 5.71. The van der Waals surface area contributed by atoms with Crippen molar-refractivity contribution in [2.75, 3.05) is 46.1 Å². The minimum atomic E-state index is -3.37. The van der Waals surface area contributed by atoms with Gasteiger partial charge in [0.25, 0.3) is 5.92 Å². The summed E-state index contributed by atoms with van der Waals surface area (Å²) in [5.74, 6) is -4.91. The van der Waals surface area contributed by atoms with Crippen LogP contribution in [0.1, 0.15) is 29.8 Å². The van der Waals surface area contributed by atoms with E-state index in [9.17, 15) is 18.3 Å². The molecule has 2 atom stereocenters. The number of aliphatic hydroxyl groups excluding tert-OH is 1. The van der Waals surface area contributed by atoms with Crippen molar-refractivity contribution in [3.05, 3.63) is 64.9 Å². The Kier molecular flexibility index (Phi) is 7.66. The average molecular weight is 538 g/mol.